The number of carbonyl (C=O) groups is 1. The van der Waals surface area contributed by atoms with Crippen LogP contribution in [0.5, 0.6) is 0 Å². The molecule has 4 heteroatoms. The van der Waals surface area contributed by atoms with E-state index in [9.17, 15) is 4.79 Å². The van der Waals surface area contributed by atoms with E-state index in [0.29, 0.717) is 13.0 Å². The number of amides is 1. The largest absolute Gasteiger partial charge is 0.283 e. The van der Waals surface area contributed by atoms with Crippen LogP contribution in [-0.4, -0.2) is 10.9 Å². The molecule has 0 unspecified atom stereocenters. The zero-order valence-electron chi connectivity index (χ0n) is 17.9. The highest BCUT2D eigenvalue weighted by Crippen LogP contribution is 2.34. The minimum atomic E-state index is 0.0662. The molecule has 3 nitrogen and oxygen atoms in total. The molecule has 0 saturated heterocycles. The van der Waals surface area contributed by atoms with Gasteiger partial charge in [0.05, 0.1) is 23.2 Å². The van der Waals surface area contributed by atoms with Gasteiger partial charge in [-0.05, 0) is 61.1 Å². The Morgan fingerprint density at radius 2 is 1.53 bits per heavy atom. The summed E-state index contributed by atoms with van der Waals surface area (Å²) in [7, 11) is 0. The number of hydrogen-bond donors (Lipinski definition) is 0. The second-order valence-electron chi connectivity index (χ2n) is 7.93. The molecule has 30 heavy (non-hydrogen) atoms. The van der Waals surface area contributed by atoms with Crippen LogP contribution in [0.1, 0.15) is 33.4 Å². The molecule has 4 aromatic rings. The molecule has 0 radical (unpaired) electrons. The number of hydrogen-bond acceptors (Lipinski definition) is 3. The van der Waals surface area contributed by atoms with Crippen molar-refractivity contribution in [3.8, 4) is 0 Å². The molecule has 0 aliphatic heterocycles. The Morgan fingerprint density at radius 1 is 0.833 bits per heavy atom. The van der Waals surface area contributed by atoms with Gasteiger partial charge in [-0.2, -0.15) is 0 Å². The van der Waals surface area contributed by atoms with Gasteiger partial charge in [0.15, 0.2) is 5.13 Å². The summed E-state index contributed by atoms with van der Waals surface area (Å²) >= 11 is 1.60. The van der Waals surface area contributed by atoms with Gasteiger partial charge in [-0.1, -0.05) is 72.0 Å². The van der Waals surface area contributed by atoms with Gasteiger partial charge in [0.1, 0.15) is 0 Å². The summed E-state index contributed by atoms with van der Waals surface area (Å²) in [6.07, 6.45) is 0.363. The summed E-state index contributed by atoms with van der Waals surface area (Å²) in [5.74, 6) is 0.0662. The number of anilines is 1. The second kappa shape index (κ2) is 8.41. The fourth-order valence-electron chi connectivity index (χ4n) is 3.58. The van der Waals surface area contributed by atoms with E-state index in [1.807, 2.05) is 29.2 Å². The van der Waals surface area contributed by atoms with Gasteiger partial charge in [0.25, 0.3) is 0 Å². The molecule has 0 fully saturated rings. The van der Waals surface area contributed by atoms with E-state index in [4.69, 9.17) is 4.98 Å². The van der Waals surface area contributed by atoms with E-state index in [2.05, 4.69) is 64.1 Å². The van der Waals surface area contributed by atoms with E-state index in [0.717, 1.165) is 32.0 Å². The third kappa shape index (κ3) is 4.14. The molecular weight excluding hydrogens is 388 g/mol. The maximum atomic E-state index is 13.5. The zero-order chi connectivity index (χ0) is 21.3. The van der Waals surface area contributed by atoms with Crippen molar-refractivity contribution in [1.82, 2.24) is 4.98 Å². The summed E-state index contributed by atoms with van der Waals surface area (Å²) in [5.41, 5.74) is 7.91. The van der Waals surface area contributed by atoms with Crippen molar-refractivity contribution in [1.29, 1.82) is 0 Å². The number of nitrogens with zero attached hydrogens (tertiary/aromatic N) is 2. The highest BCUT2D eigenvalue weighted by Gasteiger charge is 2.21. The Labute approximate surface area is 182 Å². The fourth-order valence-corrected chi connectivity index (χ4v) is 4.70. The minimum Gasteiger partial charge on any atom is -0.283 e. The van der Waals surface area contributed by atoms with Crippen LogP contribution in [0.4, 0.5) is 5.13 Å². The molecule has 0 spiro atoms. The normalized spacial score (nSPS) is 11.1. The molecule has 1 aromatic heterocycles. The van der Waals surface area contributed by atoms with Crippen LogP contribution < -0.4 is 4.90 Å². The maximum absolute atomic E-state index is 13.5. The minimum absolute atomic E-state index is 0.0662. The Kier molecular flexibility index (Phi) is 5.69. The number of fused-ring (bicyclic) bond motifs is 1. The Hall–Kier alpha value is -2.98. The molecule has 1 amide bonds. The van der Waals surface area contributed by atoms with Crippen LogP contribution in [0.2, 0.25) is 0 Å². The summed E-state index contributed by atoms with van der Waals surface area (Å²) in [4.78, 5) is 20.2. The standard InChI is InChI=1S/C26H26N2OS/c1-17-12-13-22(14-20(17)4)15-23(29)28(16-21-8-6-5-7-9-21)26-27-24-18(2)10-11-19(3)25(24)30-26/h5-14H,15-16H2,1-4H3. The number of rotatable bonds is 5. The van der Waals surface area contributed by atoms with Gasteiger partial charge in [0.2, 0.25) is 5.91 Å². The van der Waals surface area contributed by atoms with Crippen LogP contribution in [0, 0.1) is 27.7 Å². The van der Waals surface area contributed by atoms with Crippen LogP contribution in [0.25, 0.3) is 10.2 Å². The lowest BCUT2D eigenvalue weighted by Crippen LogP contribution is -2.31. The Balaban J connectivity index is 1.72. The van der Waals surface area contributed by atoms with E-state index in [-0.39, 0.29) is 5.91 Å². The number of carbonyl (C=O) groups excluding carboxylic acids is 1. The molecule has 152 valence electrons. The Morgan fingerprint density at radius 3 is 2.23 bits per heavy atom. The molecule has 0 aliphatic carbocycles. The molecule has 0 N–H and O–H groups in total. The summed E-state index contributed by atoms with van der Waals surface area (Å²) in [6, 6.07) is 20.6. The number of aryl methyl sites for hydroxylation is 4. The van der Waals surface area contributed by atoms with E-state index in [1.54, 1.807) is 11.3 Å². The average Bonchev–Trinajstić information content (AvgIpc) is 3.19. The monoisotopic (exact) mass is 414 g/mol. The quantitative estimate of drug-likeness (QED) is 0.384. The maximum Gasteiger partial charge on any atom is 0.233 e. The van der Waals surface area contributed by atoms with Gasteiger partial charge in [-0.25, -0.2) is 4.98 Å². The smallest absolute Gasteiger partial charge is 0.233 e. The van der Waals surface area contributed by atoms with Crippen LogP contribution >= 0.6 is 11.3 Å². The summed E-state index contributed by atoms with van der Waals surface area (Å²) in [6.45, 7) is 8.87. The zero-order valence-corrected chi connectivity index (χ0v) is 18.7. The Bertz CT molecular complexity index is 1170. The highest BCUT2D eigenvalue weighted by atomic mass is 32.1. The summed E-state index contributed by atoms with van der Waals surface area (Å²) in [5, 5.41) is 0.764. The number of aromatic nitrogens is 1. The molecule has 0 saturated carbocycles. The first kappa shape index (κ1) is 20.3. The van der Waals surface area contributed by atoms with Crippen molar-refractivity contribution in [2.45, 2.75) is 40.7 Å². The van der Waals surface area contributed by atoms with E-state index in [1.165, 1.54) is 16.7 Å². The van der Waals surface area contributed by atoms with Crippen molar-refractivity contribution < 1.29 is 4.79 Å². The topological polar surface area (TPSA) is 33.2 Å². The second-order valence-corrected chi connectivity index (χ2v) is 8.91. The van der Waals surface area contributed by atoms with Crippen molar-refractivity contribution in [3.05, 3.63) is 94.0 Å². The fraction of sp³-hybridized carbons (Fsp3) is 0.231. The van der Waals surface area contributed by atoms with Crippen molar-refractivity contribution in [2.75, 3.05) is 4.90 Å². The van der Waals surface area contributed by atoms with Crippen molar-refractivity contribution in [2.24, 2.45) is 0 Å². The SMILES string of the molecule is Cc1ccc(CC(=O)N(Cc2ccccc2)c2nc3c(C)ccc(C)c3s2)cc1C. The van der Waals surface area contributed by atoms with E-state index < -0.39 is 0 Å². The molecule has 3 aromatic carbocycles. The lowest BCUT2D eigenvalue weighted by Gasteiger charge is -2.20. The molecule has 0 bridgehead atoms. The predicted octanol–water partition coefficient (Wildman–Crippen LogP) is 6.31. The number of benzene rings is 3. The van der Waals surface area contributed by atoms with E-state index >= 15 is 0 Å². The van der Waals surface area contributed by atoms with Crippen LogP contribution in [0.15, 0.2) is 60.7 Å². The lowest BCUT2D eigenvalue weighted by atomic mass is 10.0. The average molecular weight is 415 g/mol. The van der Waals surface area contributed by atoms with Crippen molar-refractivity contribution in [3.63, 3.8) is 0 Å². The highest BCUT2D eigenvalue weighted by molar-refractivity contribution is 7.22. The number of thiazole rings is 1. The van der Waals surface area contributed by atoms with Crippen LogP contribution in [0.3, 0.4) is 0 Å². The molecule has 0 atom stereocenters. The van der Waals surface area contributed by atoms with Crippen LogP contribution in [-0.2, 0) is 17.8 Å². The van der Waals surface area contributed by atoms with Crippen molar-refractivity contribution >= 4 is 32.6 Å². The molecule has 4 rings (SSSR count). The van der Waals surface area contributed by atoms with Gasteiger partial charge in [0, 0.05) is 0 Å². The first-order chi connectivity index (χ1) is 14.4. The van der Waals surface area contributed by atoms with Gasteiger partial charge in [-0.15, -0.1) is 0 Å². The molecule has 0 aliphatic rings. The summed E-state index contributed by atoms with van der Waals surface area (Å²) < 4.78 is 1.15. The molecular formula is C26H26N2OS. The first-order valence-corrected chi connectivity index (χ1v) is 11.0. The van der Waals surface area contributed by atoms with Gasteiger partial charge < -0.3 is 0 Å². The predicted molar refractivity (Wildman–Crippen MR) is 126 cm³/mol. The third-order valence-corrected chi connectivity index (χ3v) is 6.79. The first-order valence-electron chi connectivity index (χ1n) is 10.2. The third-order valence-electron chi connectivity index (χ3n) is 5.57. The van der Waals surface area contributed by atoms with Gasteiger partial charge in [-0.3, -0.25) is 9.69 Å². The lowest BCUT2D eigenvalue weighted by molar-refractivity contribution is -0.118. The molecule has 1 heterocycles. The van der Waals surface area contributed by atoms with Gasteiger partial charge >= 0.3 is 0 Å².